The molecule has 0 radical (unpaired) electrons. The second-order valence-electron chi connectivity index (χ2n) is 3.55. The lowest BCUT2D eigenvalue weighted by molar-refractivity contribution is 0.588. The highest BCUT2D eigenvalue weighted by atomic mass is 32.2. The van der Waals surface area contributed by atoms with Crippen molar-refractivity contribution in [1.29, 1.82) is 0 Å². The van der Waals surface area contributed by atoms with E-state index in [4.69, 9.17) is 5.73 Å². The van der Waals surface area contributed by atoms with Crippen molar-refractivity contribution in [2.24, 2.45) is 0 Å². The van der Waals surface area contributed by atoms with Crippen LogP contribution in [-0.4, -0.2) is 31.9 Å². The maximum absolute atomic E-state index is 11.8. The van der Waals surface area contributed by atoms with E-state index >= 15 is 0 Å². The topological polar surface area (TPSA) is 98.0 Å². The van der Waals surface area contributed by atoms with Crippen molar-refractivity contribution in [2.75, 3.05) is 19.0 Å². The Kier molecular flexibility index (Phi) is 4.91. The van der Waals surface area contributed by atoms with Crippen molar-refractivity contribution in [3.63, 3.8) is 0 Å². The van der Waals surface area contributed by atoms with Crippen molar-refractivity contribution < 1.29 is 8.42 Å². The van der Waals surface area contributed by atoms with Crippen LogP contribution in [0, 0.1) is 0 Å². The first kappa shape index (κ1) is 15.6. The Balaban J connectivity index is 2.34. The van der Waals surface area contributed by atoms with Crippen LogP contribution in [0.25, 0.3) is 0 Å². The van der Waals surface area contributed by atoms with Gasteiger partial charge < -0.3 is 5.73 Å². The average Bonchev–Trinajstić information content (AvgIpc) is 2.89. The Labute approximate surface area is 129 Å². The van der Waals surface area contributed by atoms with Gasteiger partial charge in [-0.15, -0.1) is 10.2 Å². The summed E-state index contributed by atoms with van der Waals surface area (Å²) >= 11 is 4.25. The van der Waals surface area contributed by atoms with Crippen molar-refractivity contribution >= 4 is 50.6 Å². The molecule has 1 aromatic carbocycles. The Morgan fingerprint density at radius 2 is 2.00 bits per heavy atom. The third-order valence-corrected chi connectivity index (χ3v) is 6.76. The maximum atomic E-state index is 11.8. The van der Waals surface area contributed by atoms with Gasteiger partial charge in [-0.3, -0.25) is 0 Å². The molecule has 0 aliphatic carbocycles. The lowest BCUT2D eigenvalue weighted by Crippen LogP contribution is -2.18. The summed E-state index contributed by atoms with van der Waals surface area (Å²) in [5.41, 5.74) is 6.38. The fourth-order valence-corrected chi connectivity index (χ4v) is 4.61. The molecule has 0 fully saturated rings. The first-order chi connectivity index (χ1) is 9.46. The molecule has 108 valence electrons. The summed E-state index contributed by atoms with van der Waals surface area (Å²) in [6, 6.07) is 4.58. The lowest BCUT2D eigenvalue weighted by Gasteiger charge is -2.07. The van der Waals surface area contributed by atoms with Gasteiger partial charge in [0.05, 0.1) is 4.90 Å². The van der Waals surface area contributed by atoms with E-state index in [0.717, 1.165) is 8.68 Å². The zero-order chi connectivity index (χ0) is 14.8. The molecule has 0 aliphatic heterocycles. The van der Waals surface area contributed by atoms with E-state index in [-0.39, 0.29) is 4.90 Å². The highest BCUT2D eigenvalue weighted by molar-refractivity contribution is 8.03. The van der Waals surface area contributed by atoms with Gasteiger partial charge >= 0.3 is 0 Å². The van der Waals surface area contributed by atoms with Gasteiger partial charge in [0, 0.05) is 10.6 Å². The lowest BCUT2D eigenvalue weighted by atomic mass is 10.3. The van der Waals surface area contributed by atoms with Crippen molar-refractivity contribution in [1.82, 2.24) is 14.9 Å². The second-order valence-corrected chi connectivity index (χ2v) is 8.75. The summed E-state index contributed by atoms with van der Waals surface area (Å²) in [6.45, 7) is 0. The van der Waals surface area contributed by atoms with Crippen LogP contribution in [0.1, 0.15) is 0 Å². The zero-order valence-electron chi connectivity index (χ0n) is 10.7. The van der Waals surface area contributed by atoms with E-state index in [1.807, 2.05) is 6.26 Å². The van der Waals surface area contributed by atoms with Crippen LogP contribution >= 0.6 is 34.9 Å². The average molecular weight is 349 g/mol. The molecule has 0 bridgehead atoms. The SMILES string of the molecule is CNS(=O)(=O)c1ccc(N)c(Sc2nnc(SC)s2)c1. The molecule has 1 heterocycles. The molecule has 0 amide bonds. The Morgan fingerprint density at radius 1 is 1.30 bits per heavy atom. The molecule has 2 rings (SSSR count). The number of sulfonamides is 1. The number of hydrogen-bond acceptors (Lipinski definition) is 8. The first-order valence-electron chi connectivity index (χ1n) is 5.34. The van der Waals surface area contributed by atoms with Gasteiger partial charge in [0.15, 0.2) is 8.68 Å². The quantitative estimate of drug-likeness (QED) is 0.629. The van der Waals surface area contributed by atoms with Crippen LogP contribution in [0.15, 0.2) is 36.7 Å². The first-order valence-corrected chi connectivity index (χ1v) is 9.69. The van der Waals surface area contributed by atoms with Crippen LogP contribution in [0.2, 0.25) is 0 Å². The summed E-state index contributed by atoms with van der Waals surface area (Å²) < 4.78 is 27.4. The van der Waals surface area contributed by atoms with Crippen LogP contribution in [0.3, 0.4) is 0 Å². The number of nitrogens with two attached hydrogens (primary N) is 1. The molecule has 0 saturated heterocycles. The summed E-state index contributed by atoms with van der Waals surface area (Å²) in [7, 11) is -2.12. The van der Waals surface area contributed by atoms with Gasteiger partial charge in [-0.05, 0) is 31.5 Å². The highest BCUT2D eigenvalue weighted by Crippen LogP contribution is 2.36. The summed E-state index contributed by atoms with van der Waals surface area (Å²) in [5.74, 6) is 0. The van der Waals surface area contributed by atoms with E-state index < -0.39 is 10.0 Å². The number of benzene rings is 1. The van der Waals surface area contributed by atoms with E-state index in [1.165, 1.54) is 54.0 Å². The zero-order valence-corrected chi connectivity index (χ0v) is 13.9. The monoisotopic (exact) mass is 348 g/mol. The fraction of sp³-hybridized carbons (Fsp3) is 0.200. The molecule has 0 unspecified atom stereocenters. The normalized spacial score (nSPS) is 11.7. The predicted molar refractivity (Wildman–Crippen MR) is 82.9 cm³/mol. The number of thioether (sulfide) groups is 1. The van der Waals surface area contributed by atoms with Gasteiger partial charge in [-0.25, -0.2) is 13.1 Å². The molecule has 6 nitrogen and oxygen atoms in total. The highest BCUT2D eigenvalue weighted by Gasteiger charge is 2.15. The van der Waals surface area contributed by atoms with Crippen LogP contribution in [-0.2, 0) is 10.0 Å². The Hall–Kier alpha value is -0.810. The molecule has 10 heteroatoms. The fourth-order valence-electron chi connectivity index (χ4n) is 1.30. The summed E-state index contributed by atoms with van der Waals surface area (Å²) in [6.07, 6.45) is 1.92. The van der Waals surface area contributed by atoms with Gasteiger partial charge in [0.2, 0.25) is 10.0 Å². The number of nitrogens with one attached hydrogen (secondary N) is 1. The smallest absolute Gasteiger partial charge is 0.240 e. The van der Waals surface area contributed by atoms with Crippen molar-refractivity contribution in [3.05, 3.63) is 18.2 Å². The maximum Gasteiger partial charge on any atom is 0.240 e. The minimum Gasteiger partial charge on any atom is -0.398 e. The van der Waals surface area contributed by atoms with E-state index in [1.54, 1.807) is 6.07 Å². The minimum absolute atomic E-state index is 0.173. The molecule has 20 heavy (non-hydrogen) atoms. The summed E-state index contributed by atoms with van der Waals surface area (Å²) in [5, 5.41) is 8.01. The van der Waals surface area contributed by atoms with Gasteiger partial charge in [-0.1, -0.05) is 34.9 Å². The van der Waals surface area contributed by atoms with Crippen molar-refractivity contribution in [3.8, 4) is 0 Å². The molecule has 1 aromatic heterocycles. The molecule has 0 spiro atoms. The number of anilines is 1. The second kappa shape index (κ2) is 6.31. The Bertz CT molecular complexity index is 714. The van der Waals surface area contributed by atoms with E-state index in [0.29, 0.717) is 10.6 Å². The molecule has 0 saturated carbocycles. The number of hydrogen-bond donors (Lipinski definition) is 2. The van der Waals surface area contributed by atoms with Crippen LogP contribution < -0.4 is 10.5 Å². The Morgan fingerprint density at radius 3 is 2.60 bits per heavy atom. The number of nitrogens with zero attached hydrogens (tertiary/aromatic N) is 2. The molecule has 2 aromatic rings. The van der Waals surface area contributed by atoms with Crippen LogP contribution in [0.5, 0.6) is 0 Å². The number of rotatable bonds is 5. The number of nitrogen functional groups attached to an aromatic ring is 1. The minimum atomic E-state index is -3.48. The molecule has 0 atom stereocenters. The summed E-state index contributed by atoms with van der Waals surface area (Å²) in [4.78, 5) is 0.816. The number of aromatic nitrogens is 2. The van der Waals surface area contributed by atoms with Crippen molar-refractivity contribution in [2.45, 2.75) is 18.5 Å². The largest absolute Gasteiger partial charge is 0.398 e. The van der Waals surface area contributed by atoms with Crippen LogP contribution in [0.4, 0.5) is 5.69 Å². The third kappa shape index (κ3) is 3.44. The molecular weight excluding hydrogens is 336 g/mol. The van der Waals surface area contributed by atoms with Gasteiger partial charge in [0.25, 0.3) is 0 Å². The molecular formula is C10H12N4O2S4. The standard InChI is InChI=1S/C10H12N4O2S4/c1-12-20(15,16)6-3-4-7(11)8(5-6)18-10-14-13-9(17-2)19-10/h3-5,12H,11H2,1-2H3. The third-order valence-electron chi connectivity index (χ3n) is 2.32. The molecule has 0 aliphatic rings. The van der Waals surface area contributed by atoms with Gasteiger partial charge in [-0.2, -0.15) is 0 Å². The molecule has 3 N–H and O–H groups in total. The van der Waals surface area contributed by atoms with Gasteiger partial charge in [0.1, 0.15) is 0 Å². The van der Waals surface area contributed by atoms with E-state index in [9.17, 15) is 8.42 Å². The predicted octanol–water partition coefficient (Wildman–Crippen LogP) is 1.90. The van der Waals surface area contributed by atoms with E-state index in [2.05, 4.69) is 14.9 Å².